The van der Waals surface area contributed by atoms with E-state index in [0.29, 0.717) is 17.9 Å². The van der Waals surface area contributed by atoms with Gasteiger partial charge in [-0.15, -0.1) is 0 Å². The molecule has 1 aliphatic carbocycles. The topological polar surface area (TPSA) is 80.3 Å². The van der Waals surface area contributed by atoms with Crippen LogP contribution in [0.1, 0.15) is 27.2 Å². The average molecular weight is 366 g/mol. The van der Waals surface area contributed by atoms with Crippen LogP contribution in [0.25, 0.3) is 0 Å². The van der Waals surface area contributed by atoms with E-state index in [-0.39, 0.29) is 12.1 Å². The van der Waals surface area contributed by atoms with Crippen LogP contribution < -0.4 is 14.8 Å². The van der Waals surface area contributed by atoms with Crippen molar-refractivity contribution in [2.75, 3.05) is 21.2 Å². The number of likely N-dealkylation sites (N-methyl/N-ethyl adjacent to an activating group) is 1. The molecule has 1 aromatic rings. The number of aliphatic hydroxyl groups excluding tert-OH is 1. The van der Waals surface area contributed by atoms with E-state index in [1.165, 1.54) is 0 Å². The lowest BCUT2D eigenvalue weighted by Gasteiger charge is -2.30. The molecule has 1 aromatic carbocycles. The Hall–Kier alpha value is -1.99. The van der Waals surface area contributed by atoms with E-state index in [0.717, 1.165) is 0 Å². The van der Waals surface area contributed by atoms with Crippen LogP contribution in [0.15, 0.2) is 24.3 Å². The summed E-state index contributed by atoms with van der Waals surface area (Å²) in [6, 6.07) is 6.67. The molecule has 1 saturated carbocycles. The van der Waals surface area contributed by atoms with Gasteiger partial charge in [0.1, 0.15) is 29.3 Å². The molecule has 1 aliphatic rings. The smallest absolute Gasteiger partial charge is 0.407 e. The van der Waals surface area contributed by atoms with Crippen LogP contribution in [0.3, 0.4) is 0 Å². The fourth-order valence-corrected chi connectivity index (χ4v) is 3.22. The number of nitrogens with one attached hydrogen (secondary N) is 1. The molecule has 0 heterocycles. The Morgan fingerprint density at radius 2 is 1.92 bits per heavy atom. The second kappa shape index (κ2) is 8.14. The highest BCUT2D eigenvalue weighted by Gasteiger charge is 2.46. The zero-order valence-electron chi connectivity index (χ0n) is 16.4. The Labute approximate surface area is 155 Å². The summed E-state index contributed by atoms with van der Waals surface area (Å²) in [5.74, 6) is 1.30. The Balaban J connectivity index is 2.09. The number of hydrogen-bond acceptors (Lipinski definition) is 6. The van der Waals surface area contributed by atoms with Gasteiger partial charge in [0.25, 0.3) is 0 Å². The van der Waals surface area contributed by atoms with Crippen molar-refractivity contribution in [3.05, 3.63) is 24.3 Å². The maximum absolute atomic E-state index is 12.1. The van der Waals surface area contributed by atoms with Gasteiger partial charge in [-0.25, -0.2) is 4.79 Å². The minimum absolute atomic E-state index is 0.280. The fourth-order valence-electron chi connectivity index (χ4n) is 3.22. The first-order valence-corrected chi connectivity index (χ1v) is 8.75. The number of alkyl carbamates (subject to hydrolysis) is 1. The Morgan fingerprint density at radius 1 is 1.27 bits per heavy atom. The van der Waals surface area contributed by atoms with Crippen LogP contribution in [0.4, 0.5) is 4.79 Å². The lowest BCUT2D eigenvalue weighted by Crippen LogP contribution is -2.51. The van der Waals surface area contributed by atoms with Crippen LogP contribution in [0, 0.1) is 0 Å². The number of benzene rings is 1. The van der Waals surface area contributed by atoms with Gasteiger partial charge < -0.3 is 29.5 Å². The number of aliphatic hydroxyl groups is 1. The van der Waals surface area contributed by atoms with Gasteiger partial charge in [-0.1, -0.05) is 6.07 Å². The maximum atomic E-state index is 12.1. The third-order valence-electron chi connectivity index (χ3n) is 4.26. The van der Waals surface area contributed by atoms with Gasteiger partial charge in [0, 0.05) is 12.5 Å². The standard InChI is InChI=1S/C19H30N2O5/c1-19(2,3)26-18(23)20-14-11-15(17(22)16(14)21(4)5)25-13-9-7-8-12(10-13)24-6/h7-10,14-17,22H,11H2,1-6H3,(H,20,23)/t14-,15-,16+,17+/m1/s1. The molecule has 26 heavy (non-hydrogen) atoms. The maximum Gasteiger partial charge on any atom is 0.407 e. The largest absolute Gasteiger partial charge is 0.497 e. The lowest BCUT2D eigenvalue weighted by molar-refractivity contribution is 0.0192. The van der Waals surface area contributed by atoms with E-state index in [1.54, 1.807) is 13.2 Å². The van der Waals surface area contributed by atoms with Gasteiger partial charge >= 0.3 is 6.09 Å². The summed E-state index contributed by atoms with van der Waals surface area (Å²) in [5, 5.41) is 13.6. The monoisotopic (exact) mass is 366 g/mol. The van der Waals surface area contributed by atoms with Crippen LogP contribution in [0.5, 0.6) is 11.5 Å². The number of methoxy groups -OCH3 is 1. The summed E-state index contributed by atoms with van der Waals surface area (Å²) in [5.41, 5.74) is -0.578. The fraction of sp³-hybridized carbons (Fsp3) is 0.632. The number of ether oxygens (including phenoxy) is 3. The zero-order valence-corrected chi connectivity index (χ0v) is 16.4. The quantitative estimate of drug-likeness (QED) is 0.830. The van der Waals surface area contributed by atoms with Gasteiger partial charge in [0.2, 0.25) is 0 Å². The first kappa shape index (κ1) is 20.3. The zero-order chi connectivity index (χ0) is 19.5. The molecular weight excluding hydrogens is 336 g/mol. The molecule has 0 aliphatic heterocycles. The van der Waals surface area contributed by atoms with Gasteiger partial charge in [0.15, 0.2) is 0 Å². The molecule has 1 amide bonds. The predicted molar refractivity (Wildman–Crippen MR) is 98.7 cm³/mol. The van der Waals surface area contributed by atoms with Crippen molar-refractivity contribution in [2.24, 2.45) is 0 Å². The highest BCUT2D eigenvalue weighted by Crippen LogP contribution is 2.30. The predicted octanol–water partition coefficient (Wildman–Crippen LogP) is 2.03. The lowest BCUT2D eigenvalue weighted by atomic mass is 10.1. The SMILES string of the molecule is COc1cccc(O[C@@H]2C[C@@H](NC(=O)OC(C)(C)C)[C@H](N(C)C)[C@H]2O)c1. The normalized spacial score (nSPS) is 25.8. The van der Waals surface area contributed by atoms with E-state index in [9.17, 15) is 9.90 Å². The van der Waals surface area contributed by atoms with Crippen molar-refractivity contribution < 1.29 is 24.1 Å². The molecule has 1 fully saturated rings. The average Bonchev–Trinajstić information content (AvgIpc) is 2.81. The van der Waals surface area contributed by atoms with Crippen molar-refractivity contribution in [2.45, 2.75) is 57.1 Å². The Kier molecular flexibility index (Phi) is 6.36. The summed E-state index contributed by atoms with van der Waals surface area (Å²) >= 11 is 0. The second-order valence-electron chi connectivity index (χ2n) is 7.77. The third-order valence-corrected chi connectivity index (χ3v) is 4.26. The molecule has 4 atom stereocenters. The first-order chi connectivity index (χ1) is 12.1. The molecule has 2 rings (SSSR count). The molecule has 0 saturated heterocycles. The molecule has 0 radical (unpaired) electrons. The molecule has 146 valence electrons. The summed E-state index contributed by atoms with van der Waals surface area (Å²) in [4.78, 5) is 14.0. The van der Waals surface area contributed by atoms with Crippen molar-refractivity contribution in [3.8, 4) is 11.5 Å². The number of carbonyl (C=O) groups excluding carboxylic acids is 1. The van der Waals surface area contributed by atoms with Gasteiger partial charge in [-0.3, -0.25) is 0 Å². The highest BCUT2D eigenvalue weighted by molar-refractivity contribution is 5.68. The minimum atomic E-state index is -0.754. The van der Waals surface area contributed by atoms with Crippen molar-refractivity contribution in [1.82, 2.24) is 10.2 Å². The van der Waals surface area contributed by atoms with Crippen molar-refractivity contribution in [3.63, 3.8) is 0 Å². The van der Waals surface area contributed by atoms with E-state index in [1.807, 2.05) is 58.0 Å². The highest BCUT2D eigenvalue weighted by atomic mass is 16.6. The second-order valence-corrected chi connectivity index (χ2v) is 7.77. The Morgan fingerprint density at radius 3 is 2.50 bits per heavy atom. The Bertz CT molecular complexity index is 614. The number of rotatable bonds is 5. The molecule has 0 spiro atoms. The summed E-state index contributed by atoms with van der Waals surface area (Å²) in [6.07, 6.45) is -1.23. The minimum Gasteiger partial charge on any atom is -0.497 e. The van der Waals surface area contributed by atoms with Crippen LogP contribution in [0.2, 0.25) is 0 Å². The third kappa shape index (κ3) is 5.25. The van der Waals surface area contributed by atoms with E-state index in [2.05, 4.69) is 5.32 Å². The number of hydrogen-bond donors (Lipinski definition) is 2. The van der Waals surface area contributed by atoms with Crippen LogP contribution in [-0.4, -0.2) is 67.2 Å². The van der Waals surface area contributed by atoms with E-state index < -0.39 is 23.9 Å². The number of nitrogens with zero attached hydrogens (tertiary/aromatic N) is 1. The number of carbonyl (C=O) groups is 1. The molecule has 7 nitrogen and oxygen atoms in total. The molecular formula is C19H30N2O5. The van der Waals surface area contributed by atoms with Crippen LogP contribution >= 0.6 is 0 Å². The van der Waals surface area contributed by atoms with E-state index in [4.69, 9.17) is 14.2 Å². The van der Waals surface area contributed by atoms with Gasteiger partial charge in [-0.2, -0.15) is 0 Å². The summed E-state index contributed by atoms with van der Waals surface area (Å²) in [6.45, 7) is 5.44. The molecule has 0 unspecified atom stereocenters. The van der Waals surface area contributed by atoms with E-state index >= 15 is 0 Å². The molecule has 0 bridgehead atoms. The van der Waals surface area contributed by atoms with Gasteiger partial charge in [-0.05, 0) is 47.0 Å². The molecule has 0 aromatic heterocycles. The number of amides is 1. The summed E-state index contributed by atoms with van der Waals surface area (Å²) < 4.78 is 16.5. The van der Waals surface area contributed by atoms with Gasteiger partial charge in [0.05, 0.1) is 19.2 Å². The van der Waals surface area contributed by atoms with Crippen LogP contribution in [-0.2, 0) is 4.74 Å². The molecule has 2 N–H and O–H groups in total. The summed E-state index contributed by atoms with van der Waals surface area (Å²) in [7, 11) is 5.32. The van der Waals surface area contributed by atoms with Crippen molar-refractivity contribution >= 4 is 6.09 Å². The van der Waals surface area contributed by atoms with Crippen molar-refractivity contribution in [1.29, 1.82) is 0 Å². The molecule has 7 heteroatoms. The first-order valence-electron chi connectivity index (χ1n) is 8.75.